The maximum Gasteiger partial charge on any atom is 0.242 e. The lowest BCUT2D eigenvalue weighted by Crippen LogP contribution is -2.25. The van der Waals surface area contributed by atoms with Gasteiger partial charge in [-0.2, -0.15) is 0 Å². The summed E-state index contributed by atoms with van der Waals surface area (Å²) in [5, 5.41) is 0. The van der Waals surface area contributed by atoms with Crippen molar-refractivity contribution in [2.75, 3.05) is 6.54 Å². The van der Waals surface area contributed by atoms with Crippen LogP contribution in [0.3, 0.4) is 0 Å². The normalized spacial score (nSPS) is 16.6. The molecule has 0 spiro atoms. The minimum absolute atomic E-state index is 0.302. The highest BCUT2D eigenvalue weighted by atomic mass is 32.2. The average molecular weight is 243 g/mol. The van der Waals surface area contributed by atoms with Gasteiger partial charge in [0, 0.05) is 32.0 Å². The molecular formula is C10H17N3O2S. The zero-order valence-electron chi connectivity index (χ0n) is 9.31. The Morgan fingerprint density at radius 2 is 2.25 bits per heavy atom. The minimum atomic E-state index is -3.35. The molecule has 1 fully saturated rings. The van der Waals surface area contributed by atoms with Gasteiger partial charge in [-0.1, -0.05) is 0 Å². The first-order chi connectivity index (χ1) is 7.53. The molecule has 1 aliphatic carbocycles. The van der Waals surface area contributed by atoms with Crippen molar-refractivity contribution < 1.29 is 8.42 Å². The molecular weight excluding hydrogens is 226 g/mol. The smallest absolute Gasteiger partial charge is 0.242 e. The Morgan fingerprint density at radius 3 is 2.75 bits per heavy atom. The molecule has 6 heteroatoms. The first kappa shape index (κ1) is 11.6. The molecule has 0 unspecified atom stereocenters. The lowest BCUT2D eigenvalue weighted by atomic mass is 10.4. The zero-order valence-corrected chi connectivity index (χ0v) is 10.1. The van der Waals surface area contributed by atoms with E-state index in [1.165, 1.54) is 0 Å². The highest BCUT2D eigenvalue weighted by Crippen LogP contribution is 2.28. The lowest BCUT2D eigenvalue weighted by molar-refractivity contribution is 0.577. The molecule has 0 saturated heterocycles. The van der Waals surface area contributed by atoms with Gasteiger partial charge in [-0.25, -0.2) is 13.1 Å². The van der Waals surface area contributed by atoms with Crippen LogP contribution in [0.15, 0.2) is 17.2 Å². The van der Waals surface area contributed by atoms with Crippen LogP contribution in [0.2, 0.25) is 0 Å². The van der Waals surface area contributed by atoms with Crippen molar-refractivity contribution in [3.63, 3.8) is 0 Å². The largest absolute Gasteiger partial charge is 0.352 e. The fourth-order valence-corrected chi connectivity index (χ4v) is 2.77. The van der Waals surface area contributed by atoms with Crippen molar-refractivity contribution in [3.05, 3.63) is 18.0 Å². The molecule has 16 heavy (non-hydrogen) atoms. The quantitative estimate of drug-likeness (QED) is 0.774. The van der Waals surface area contributed by atoms with E-state index in [4.69, 9.17) is 5.73 Å². The average Bonchev–Trinajstić information content (AvgIpc) is 2.98. The van der Waals surface area contributed by atoms with E-state index < -0.39 is 10.0 Å². The summed E-state index contributed by atoms with van der Waals surface area (Å²) in [7, 11) is -1.56. The molecule has 0 aliphatic heterocycles. The van der Waals surface area contributed by atoms with Gasteiger partial charge in [0.2, 0.25) is 10.0 Å². The van der Waals surface area contributed by atoms with Crippen molar-refractivity contribution in [3.8, 4) is 0 Å². The number of nitrogens with one attached hydrogen (secondary N) is 1. The maximum absolute atomic E-state index is 11.9. The molecule has 0 amide bonds. The molecule has 0 bridgehead atoms. The maximum atomic E-state index is 11.9. The van der Waals surface area contributed by atoms with Gasteiger partial charge in [0.15, 0.2) is 0 Å². The second kappa shape index (κ2) is 4.20. The van der Waals surface area contributed by atoms with E-state index in [0.29, 0.717) is 23.9 Å². The van der Waals surface area contributed by atoms with E-state index in [2.05, 4.69) is 4.72 Å². The Morgan fingerprint density at radius 1 is 1.56 bits per heavy atom. The van der Waals surface area contributed by atoms with Crippen LogP contribution in [-0.4, -0.2) is 19.5 Å². The number of nitrogens with zero attached hydrogens (tertiary/aromatic N) is 1. The van der Waals surface area contributed by atoms with Gasteiger partial charge in [0.25, 0.3) is 0 Å². The number of aromatic nitrogens is 1. The molecule has 1 saturated carbocycles. The number of hydrogen-bond acceptors (Lipinski definition) is 3. The fraction of sp³-hybridized carbons (Fsp3) is 0.600. The fourth-order valence-electron chi connectivity index (χ4n) is 1.56. The van der Waals surface area contributed by atoms with Gasteiger partial charge in [-0.15, -0.1) is 0 Å². The molecule has 2 rings (SSSR count). The number of aryl methyl sites for hydroxylation is 1. The Balaban J connectivity index is 2.13. The SMILES string of the molecule is Cn1cc(S(=O)(=O)NCC2CC2)cc1CN. The monoisotopic (exact) mass is 243 g/mol. The summed E-state index contributed by atoms with van der Waals surface area (Å²) in [6.07, 6.45) is 3.86. The third kappa shape index (κ3) is 2.45. The Bertz CT molecular complexity index is 474. The third-order valence-corrected chi connectivity index (χ3v) is 4.25. The molecule has 1 aliphatic rings. The second-order valence-corrected chi connectivity index (χ2v) is 6.04. The highest BCUT2D eigenvalue weighted by Gasteiger charge is 2.24. The molecule has 1 aromatic heterocycles. The predicted octanol–water partition coefficient (Wildman–Crippen LogP) is 0.172. The van der Waals surface area contributed by atoms with Crippen LogP contribution in [0.4, 0.5) is 0 Å². The predicted molar refractivity (Wildman–Crippen MR) is 61.2 cm³/mol. The van der Waals surface area contributed by atoms with E-state index in [1.54, 1.807) is 23.9 Å². The van der Waals surface area contributed by atoms with Crippen molar-refractivity contribution in [2.45, 2.75) is 24.3 Å². The topological polar surface area (TPSA) is 77.1 Å². The molecule has 0 radical (unpaired) electrons. The van der Waals surface area contributed by atoms with E-state index in [-0.39, 0.29) is 0 Å². The van der Waals surface area contributed by atoms with Crippen LogP contribution in [-0.2, 0) is 23.6 Å². The summed E-state index contributed by atoms with van der Waals surface area (Å²) in [5.74, 6) is 0.535. The van der Waals surface area contributed by atoms with Crippen LogP contribution in [0, 0.1) is 5.92 Å². The van der Waals surface area contributed by atoms with E-state index in [9.17, 15) is 8.42 Å². The number of rotatable bonds is 5. The van der Waals surface area contributed by atoms with Gasteiger partial charge >= 0.3 is 0 Å². The molecule has 0 aromatic carbocycles. The van der Waals surface area contributed by atoms with Crippen LogP contribution in [0.25, 0.3) is 0 Å². The third-order valence-electron chi connectivity index (χ3n) is 2.86. The summed E-state index contributed by atoms with van der Waals surface area (Å²) in [6.45, 7) is 0.893. The summed E-state index contributed by atoms with van der Waals surface area (Å²) in [4.78, 5) is 0.302. The molecule has 1 heterocycles. The lowest BCUT2D eigenvalue weighted by Gasteiger charge is -2.02. The van der Waals surface area contributed by atoms with E-state index in [1.807, 2.05) is 0 Å². The van der Waals surface area contributed by atoms with Gasteiger partial charge in [0.1, 0.15) is 0 Å². The van der Waals surface area contributed by atoms with Crippen LogP contribution in [0.5, 0.6) is 0 Å². The summed E-state index contributed by atoms with van der Waals surface area (Å²) >= 11 is 0. The zero-order chi connectivity index (χ0) is 11.8. The number of nitrogens with two attached hydrogens (primary N) is 1. The molecule has 5 nitrogen and oxygen atoms in total. The van der Waals surface area contributed by atoms with Gasteiger partial charge in [-0.3, -0.25) is 0 Å². The van der Waals surface area contributed by atoms with Gasteiger partial charge in [-0.05, 0) is 24.8 Å². The summed E-state index contributed by atoms with van der Waals surface area (Å²) in [5.41, 5.74) is 6.32. The first-order valence-corrected chi connectivity index (χ1v) is 6.86. The van der Waals surface area contributed by atoms with Crippen molar-refractivity contribution in [1.29, 1.82) is 0 Å². The second-order valence-electron chi connectivity index (χ2n) is 4.28. The van der Waals surface area contributed by atoms with Crippen molar-refractivity contribution >= 4 is 10.0 Å². The molecule has 3 N–H and O–H groups in total. The Hall–Kier alpha value is -0.850. The first-order valence-electron chi connectivity index (χ1n) is 5.38. The standard InChI is InChI=1S/C10H17N3O2S/c1-13-7-10(4-9(13)5-11)16(14,15)12-6-8-2-3-8/h4,7-8,12H,2-3,5-6,11H2,1H3. The van der Waals surface area contributed by atoms with Gasteiger partial charge in [0.05, 0.1) is 4.90 Å². The summed E-state index contributed by atoms with van der Waals surface area (Å²) in [6, 6.07) is 1.62. The molecule has 1 aromatic rings. The Labute approximate surface area is 95.7 Å². The van der Waals surface area contributed by atoms with Crippen LogP contribution >= 0.6 is 0 Å². The molecule has 90 valence electrons. The van der Waals surface area contributed by atoms with Gasteiger partial charge < -0.3 is 10.3 Å². The Kier molecular flexibility index (Phi) is 3.05. The van der Waals surface area contributed by atoms with Crippen LogP contribution in [0.1, 0.15) is 18.5 Å². The molecule has 0 atom stereocenters. The minimum Gasteiger partial charge on any atom is -0.352 e. The highest BCUT2D eigenvalue weighted by molar-refractivity contribution is 7.89. The number of hydrogen-bond donors (Lipinski definition) is 2. The summed E-state index contributed by atoms with van der Waals surface area (Å²) < 4.78 is 28.1. The van der Waals surface area contributed by atoms with Crippen molar-refractivity contribution in [1.82, 2.24) is 9.29 Å². The van der Waals surface area contributed by atoms with Crippen LogP contribution < -0.4 is 10.5 Å². The van der Waals surface area contributed by atoms with Crippen molar-refractivity contribution in [2.24, 2.45) is 18.7 Å². The van der Waals surface area contributed by atoms with E-state index >= 15 is 0 Å². The van der Waals surface area contributed by atoms with E-state index in [0.717, 1.165) is 18.5 Å². The number of sulfonamides is 1.